The molecule has 1 fully saturated rings. The van der Waals surface area contributed by atoms with Crippen LogP contribution in [0.3, 0.4) is 0 Å². The van der Waals surface area contributed by atoms with Crippen LogP contribution in [0.5, 0.6) is 0 Å². The summed E-state index contributed by atoms with van der Waals surface area (Å²) in [6.45, 7) is 4.38. The molecule has 0 aromatic heterocycles. The lowest BCUT2D eigenvalue weighted by atomic mass is 10.3. The molecule has 0 aromatic rings. The van der Waals surface area contributed by atoms with Gasteiger partial charge in [-0.25, -0.2) is 8.42 Å². The fourth-order valence-electron chi connectivity index (χ4n) is 1.06. The highest BCUT2D eigenvalue weighted by Gasteiger charge is 2.39. The van der Waals surface area contributed by atoms with Crippen LogP contribution in [0.2, 0.25) is 0 Å². The largest absolute Gasteiger partial charge is 0.377 e. The summed E-state index contributed by atoms with van der Waals surface area (Å²) in [6.07, 6.45) is 0.168. The highest BCUT2D eigenvalue weighted by Crippen LogP contribution is 2.19. The quantitative estimate of drug-likeness (QED) is 0.636. The van der Waals surface area contributed by atoms with Crippen molar-refractivity contribution in [1.29, 1.82) is 0 Å². The molecule has 1 unspecified atom stereocenters. The Morgan fingerprint density at radius 2 is 2.17 bits per heavy atom. The average Bonchev–Trinajstić information content (AvgIpc) is 1.97. The summed E-state index contributed by atoms with van der Waals surface area (Å²) in [6, 6.07) is 0.0531. The van der Waals surface area contributed by atoms with Crippen LogP contribution in [-0.4, -0.2) is 44.3 Å². The molecule has 1 saturated heterocycles. The van der Waals surface area contributed by atoms with Gasteiger partial charge in [0.05, 0.1) is 24.5 Å². The summed E-state index contributed by atoms with van der Waals surface area (Å²) in [5.41, 5.74) is 0. The summed E-state index contributed by atoms with van der Waals surface area (Å²) >= 11 is 0. The normalized spacial score (nSPS) is 28.8. The fraction of sp³-hybridized carbons (Fsp3) is 1.00. The molecule has 5 heteroatoms. The molecular weight excluding hydrogens is 178 g/mol. The van der Waals surface area contributed by atoms with Crippen LogP contribution in [-0.2, 0) is 14.8 Å². The first-order chi connectivity index (χ1) is 5.43. The molecule has 0 N–H and O–H groups in total. The van der Waals surface area contributed by atoms with E-state index in [1.807, 2.05) is 13.8 Å². The number of rotatable bonds is 3. The smallest absolute Gasteiger partial charge is 0.215 e. The van der Waals surface area contributed by atoms with Crippen molar-refractivity contribution in [2.75, 3.05) is 19.4 Å². The first-order valence-corrected chi connectivity index (χ1v) is 5.61. The van der Waals surface area contributed by atoms with Crippen molar-refractivity contribution in [2.24, 2.45) is 0 Å². The number of ether oxygens (including phenoxy) is 1. The van der Waals surface area contributed by atoms with Gasteiger partial charge in [0.25, 0.3) is 0 Å². The van der Waals surface area contributed by atoms with Gasteiger partial charge in [-0.3, -0.25) is 0 Å². The molecule has 4 nitrogen and oxygen atoms in total. The molecule has 0 aliphatic carbocycles. The summed E-state index contributed by atoms with van der Waals surface area (Å²) in [4.78, 5) is 0. The molecule has 0 amide bonds. The van der Waals surface area contributed by atoms with E-state index in [2.05, 4.69) is 0 Å². The topological polar surface area (TPSA) is 46.6 Å². The maximum absolute atomic E-state index is 10.9. The lowest BCUT2D eigenvalue weighted by molar-refractivity contribution is 0.0467. The monoisotopic (exact) mass is 193 g/mol. The number of hydrogen-bond acceptors (Lipinski definition) is 3. The Balaban J connectivity index is 2.31. The van der Waals surface area contributed by atoms with Crippen molar-refractivity contribution in [3.8, 4) is 0 Å². The van der Waals surface area contributed by atoms with Gasteiger partial charge >= 0.3 is 0 Å². The summed E-state index contributed by atoms with van der Waals surface area (Å²) in [5.74, 6) is 0.232. The van der Waals surface area contributed by atoms with Crippen molar-refractivity contribution in [1.82, 2.24) is 4.31 Å². The zero-order chi connectivity index (χ0) is 9.35. The lowest BCUT2D eigenvalue weighted by Crippen LogP contribution is -2.56. The third-order valence-corrected chi connectivity index (χ3v) is 3.96. The van der Waals surface area contributed by atoms with Crippen LogP contribution in [0.25, 0.3) is 0 Å². The molecule has 0 radical (unpaired) electrons. The molecule has 72 valence electrons. The van der Waals surface area contributed by atoms with Crippen molar-refractivity contribution < 1.29 is 13.2 Å². The standard InChI is InChI=1S/C7H15NO3S/c1-6(2)11-4-7-5-12(9,10)8(7)3/h6-7H,4-5H2,1-3H3. The van der Waals surface area contributed by atoms with Gasteiger partial charge in [-0.15, -0.1) is 0 Å². The van der Waals surface area contributed by atoms with E-state index < -0.39 is 10.0 Å². The number of nitrogens with zero attached hydrogens (tertiary/aromatic N) is 1. The van der Waals surface area contributed by atoms with Crippen molar-refractivity contribution in [3.63, 3.8) is 0 Å². The van der Waals surface area contributed by atoms with E-state index in [-0.39, 0.29) is 17.9 Å². The minimum Gasteiger partial charge on any atom is -0.377 e. The molecule has 1 aliphatic rings. The van der Waals surface area contributed by atoms with Crippen molar-refractivity contribution in [3.05, 3.63) is 0 Å². The minimum absolute atomic E-state index is 0.0531. The summed E-state index contributed by atoms with van der Waals surface area (Å²) < 4.78 is 28.6. The second-order valence-corrected chi connectivity index (χ2v) is 5.40. The Morgan fingerprint density at radius 3 is 2.50 bits per heavy atom. The van der Waals surface area contributed by atoms with Gasteiger partial charge < -0.3 is 4.74 Å². The molecule has 1 rings (SSSR count). The highest BCUT2D eigenvalue weighted by atomic mass is 32.2. The van der Waals surface area contributed by atoms with Gasteiger partial charge in [0, 0.05) is 7.05 Å². The van der Waals surface area contributed by atoms with Crippen LogP contribution in [0.4, 0.5) is 0 Å². The Kier molecular flexibility index (Phi) is 2.75. The Labute approximate surface area is 73.6 Å². The lowest BCUT2D eigenvalue weighted by Gasteiger charge is -2.36. The number of hydrogen-bond donors (Lipinski definition) is 0. The van der Waals surface area contributed by atoms with E-state index >= 15 is 0 Å². The van der Waals surface area contributed by atoms with E-state index in [1.54, 1.807) is 7.05 Å². The maximum Gasteiger partial charge on any atom is 0.215 e. The first-order valence-electron chi connectivity index (χ1n) is 4.01. The molecule has 0 bridgehead atoms. The van der Waals surface area contributed by atoms with Crippen LogP contribution >= 0.6 is 0 Å². The molecular formula is C7H15NO3S. The summed E-state index contributed by atoms with van der Waals surface area (Å²) in [5, 5.41) is 0. The van der Waals surface area contributed by atoms with Gasteiger partial charge in [-0.2, -0.15) is 4.31 Å². The van der Waals surface area contributed by atoms with Crippen molar-refractivity contribution >= 4 is 10.0 Å². The molecule has 0 aromatic carbocycles. The Bertz CT molecular complexity index is 247. The van der Waals surface area contributed by atoms with Crippen LogP contribution in [0, 0.1) is 0 Å². The average molecular weight is 193 g/mol. The van der Waals surface area contributed by atoms with E-state index in [9.17, 15) is 8.42 Å². The Morgan fingerprint density at radius 1 is 1.58 bits per heavy atom. The zero-order valence-electron chi connectivity index (χ0n) is 7.65. The van der Waals surface area contributed by atoms with Crippen LogP contribution < -0.4 is 0 Å². The van der Waals surface area contributed by atoms with E-state index in [4.69, 9.17) is 4.74 Å². The third-order valence-electron chi connectivity index (χ3n) is 1.98. The number of likely N-dealkylation sites (N-methyl/N-ethyl adjacent to an activating group) is 1. The van der Waals surface area contributed by atoms with Gasteiger partial charge in [-0.05, 0) is 13.8 Å². The SMILES string of the molecule is CC(C)OCC1CS(=O)(=O)N1C. The van der Waals surface area contributed by atoms with Gasteiger partial charge in [-0.1, -0.05) is 0 Å². The second-order valence-electron chi connectivity index (χ2n) is 3.33. The molecule has 0 spiro atoms. The maximum atomic E-state index is 10.9. The molecule has 1 heterocycles. The third kappa shape index (κ3) is 1.97. The molecule has 1 aliphatic heterocycles. The van der Waals surface area contributed by atoms with Gasteiger partial charge in [0.15, 0.2) is 0 Å². The van der Waals surface area contributed by atoms with Crippen LogP contribution in [0.15, 0.2) is 0 Å². The van der Waals surface area contributed by atoms with E-state index in [0.717, 1.165) is 0 Å². The molecule has 0 saturated carbocycles. The van der Waals surface area contributed by atoms with Gasteiger partial charge in [0.2, 0.25) is 10.0 Å². The Hall–Kier alpha value is -0.130. The van der Waals surface area contributed by atoms with E-state index in [1.165, 1.54) is 4.31 Å². The van der Waals surface area contributed by atoms with Crippen LogP contribution in [0.1, 0.15) is 13.8 Å². The minimum atomic E-state index is -2.90. The predicted octanol–water partition coefficient (Wildman–Crippen LogP) is 0.0552. The predicted molar refractivity (Wildman–Crippen MR) is 46.4 cm³/mol. The second kappa shape index (κ2) is 3.32. The first kappa shape index (κ1) is 9.95. The molecule has 12 heavy (non-hydrogen) atoms. The highest BCUT2D eigenvalue weighted by molar-refractivity contribution is 7.90. The fourth-order valence-corrected chi connectivity index (χ4v) is 2.44. The molecule has 1 atom stereocenters. The number of sulfonamides is 1. The van der Waals surface area contributed by atoms with E-state index in [0.29, 0.717) is 6.61 Å². The zero-order valence-corrected chi connectivity index (χ0v) is 8.47. The van der Waals surface area contributed by atoms with Crippen molar-refractivity contribution in [2.45, 2.75) is 26.0 Å². The van der Waals surface area contributed by atoms with Gasteiger partial charge in [0.1, 0.15) is 0 Å². The summed E-state index contributed by atoms with van der Waals surface area (Å²) in [7, 11) is -1.31.